The van der Waals surface area contributed by atoms with E-state index in [2.05, 4.69) is 0 Å². The summed E-state index contributed by atoms with van der Waals surface area (Å²) in [6.45, 7) is -0.00559. The van der Waals surface area contributed by atoms with Crippen molar-refractivity contribution in [2.45, 2.75) is 6.61 Å². The molecule has 32 heavy (non-hydrogen) atoms. The maximum atomic E-state index is 12.6. The Morgan fingerprint density at radius 1 is 0.625 bits per heavy atom. The molecular weight excluding hydrogens is 400 g/mol. The van der Waals surface area contributed by atoms with Gasteiger partial charge >= 0.3 is 5.97 Å². The molecule has 4 rings (SSSR count). The lowest BCUT2D eigenvalue weighted by Crippen LogP contribution is -2.15. The third kappa shape index (κ3) is 5.29. The van der Waals surface area contributed by atoms with Crippen LogP contribution in [0.3, 0.4) is 0 Å². The molecular formula is C28H22O4. The fourth-order valence-electron chi connectivity index (χ4n) is 3.27. The predicted molar refractivity (Wildman–Crippen MR) is 124 cm³/mol. The minimum absolute atomic E-state index is 0.263. The quantitative estimate of drug-likeness (QED) is 0.259. The Balaban J connectivity index is 1.37. The van der Waals surface area contributed by atoms with Crippen LogP contribution in [0.2, 0.25) is 0 Å². The second-order valence-corrected chi connectivity index (χ2v) is 7.21. The molecule has 0 aliphatic carbocycles. The van der Waals surface area contributed by atoms with Gasteiger partial charge in [-0.1, -0.05) is 97.1 Å². The van der Waals surface area contributed by atoms with E-state index in [9.17, 15) is 9.59 Å². The van der Waals surface area contributed by atoms with Gasteiger partial charge in [0, 0.05) is 5.56 Å². The zero-order valence-corrected chi connectivity index (χ0v) is 17.4. The molecule has 0 bridgehead atoms. The molecule has 4 heteroatoms. The number of ketones is 1. The summed E-state index contributed by atoms with van der Waals surface area (Å²) >= 11 is 0. The Hall–Kier alpha value is -4.18. The van der Waals surface area contributed by atoms with Crippen LogP contribution in [-0.2, 0) is 11.3 Å². The van der Waals surface area contributed by atoms with Crippen LogP contribution in [0.25, 0.3) is 11.1 Å². The summed E-state index contributed by atoms with van der Waals surface area (Å²) in [6, 6.07) is 33.7. The van der Waals surface area contributed by atoms with Gasteiger partial charge in [-0.25, -0.2) is 4.79 Å². The zero-order chi connectivity index (χ0) is 22.2. The van der Waals surface area contributed by atoms with Crippen LogP contribution in [0.5, 0.6) is 5.75 Å². The van der Waals surface area contributed by atoms with Crippen molar-refractivity contribution in [3.05, 3.63) is 126 Å². The highest BCUT2D eigenvalue weighted by molar-refractivity contribution is 6.00. The number of hydrogen-bond donors (Lipinski definition) is 0. The minimum Gasteiger partial charge on any atom is -0.488 e. The van der Waals surface area contributed by atoms with E-state index in [-0.39, 0.29) is 18.0 Å². The fraction of sp³-hybridized carbons (Fsp3) is 0.0714. The first kappa shape index (κ1) is 21.1. The average molecular weight is 422 g/mol. The number of esters is 1. The normalized spacial score (nSPS) is 10.4. The Labute approximate surface area is 187 Å². The van der Waals surface area contributed by atoms with Gasteiger partial charge in [-0.05, 0) is 28.8 Å². The standard InChI is InChI=1S/C28H22O4/c29-26(24-17-15-23(16-18-24)22-11-5-2-6-12-22)20-32-28(30)25-13-7-8-14-27(25)31-19-21-9-3-1-4-10-21/h1-18H,19-20H2. The van der Waals surface area contributed by atoms with Crippen LogP contribution in [0.15, 0.2) is 109 Å². The van der Waals surface area contributed by atoms with Crippen molar-refractivity contribution >= 4 is 11.8 Å². The van der Waals surface area contributed by atoms with Gasteiger partial charge in [0.25, 0.3) is 0 Å². The Bertz CT molecular complexity index is 1180. The number of carbonyl (C=O) groups is 2. The van der Waals surface area contributed by atoms with E-state index in [1.165, 1.54) is 0 Å². The smallest absolute Gasteiger partial charge is 0.342 e. The van der Waals surface area contributed by atoms with Gasteiger partial charge in [0.05, 0.1) is 0 Å². The van der Waals surface area contributed by atoms with Crippen LogP contribution in [0, 0.1) is 0 Å². The molecule has 4 aromatic carbocycles. The molecule has 0 fully saturated rings. The highest BCUT2D eigenvalue weighted by Crippen LogP contribution is 2.22. The van der Waals surface area contributed by atoms with Crippen LogP contribution in [-0.4, -0.2) is 18.4 Å². The van der Waals surface area contributed by atoms with Gasteiger partial charge in [0.15, 0.2) is 12.4 Å². The van der Waals surface area contributed by atoms with E-state index in [0.29, 0.717) is 17.9 Å². The summed E-state index contributed by atoms with van der Waals surface area (Å²) < 4.78 is 11.1. The number of carbonyl (C=O) groups excluding carboxylic acids is 2. The van der Waals surface area contributed by atoms with Crippen LogP contribution in [0.4, 0.5) is 0 Å². The highest BCUT2D eigenvalue weighted by Gasteiger charge is 2.16. The lowest BCUT2D eigenvalue weighted by molar-refractivity contribution is 0.0470. The second kappa shape index (κ2) is 10.2. The summed E-state index contributed by atoms with van der Waals surface area (Å²) in [5.41, 5.74) is 3.86. The van der Waals surface area contributed by atoms with E-state index < -0.39 is 5.97 Å². The highest BCUT2D eigenvalue weighted by atomic mass is 16.5. The number of rotatable bonds is 8. The molecule has 0 saturated carbocycles. The van der Waals surface area contributed by atoms with E-state index in [4.69, 9.17) is 9.47 Å². The summed E-state index contributed by atoms with van der Waals surface area (Å²) in [4.78, 5) is 25.1. The third-order valence-electron chi connectivity index (χ3n) is 4.99. The zero-order valence-electron chi connectivity index (χ0n) is 17.4. The van der Waals surface area contributed by atoms with E-state index in [0.717, 1.165) is 16.7 Å². The van der Waals surface area contributed by atoms with Gasteiger partial charge in [0.1, 0.15) is 17.9 Å². The lowest BCUT2D eigenvalue weighted by Gasteiger charge is -2.11. The monoisotopic (exact) mass is 422 g/mol. The molecule has 0 unspecified atom stereocenters. The summed E-state index contributed by atoms with van der Waals surface area (Å²) in [7, 11) is 0. The van der Waals surface area contributed by atoms with E-state index >= 15 is 0 Å². The molecule has 0 radical (unpaired) electrons. The molecule has 0 amide bonds. The molecule has 0 spiro atoms. The first-order valence-electron chi connectivity index (χ1n) is 10.3. The Morgan fingerprint density at radius 3 is 1.94 bits per heavy atom. The molecule has 0 aliphatic rings. The number of ether oxygens (including phenoxy) is 2. The molecule has 0 saturated heterocycles. The SMILES string of the molecule is O=C(COC(=O)c1ccccc1OCc1ccccc1)c1ccc(-c2ccccc2)cc1. The molecule has 0 heterocycles. The number of para-hydroxylation sites is 1. The van der Waals surface area contributed by atoms with Gasteiger partial charge in [-0.15, -0.1) is 0 Å². The van der Waals surface area contributed by atoms with Crippen LogP contribution < -0.4 is 4.74 Å². The second-order valence-electron chi connectivity index (χ2n) is 7.21. The first-order chi connectivity index (χ1) is 15.7. The van der Waals surface area contributed by atoms with Crippen molar-refractivity contribution in [3.8, 4) is 16.9 Å². The number of benzene rings is 4. The molecule has 0 atom stereocenters. The average Bonchev–Trinajstić information content (AvgIpc) is 2.87. The van der Waals surface area contributed by atoms with Gasteiger partial charge in [0.2, 0.25) is 0 Å². The molecule has 0 N–H and O–H groups in total. The first-order valence-corrected chi connectivity index (χ1v) is 10.3. The topological polar surface area (TPSA) is 52.6 Å². The maximum Gasteiger partial charge on any atom is 0.342 e. The van der Waals surface area contributed by atoms with Gasteiger partial charge in [-0.2, -0.15) is 0 Å². The van der Waals surface area contributed by atoms with E-state index in [1.54, 1.807) is 36.4 Å². The van der Waals surface area contributed by atoms with E-state index in [1.807, 2.05) is 72.8 Å². The van der Waals surface area contributed by atoms with Crippen LogP contribution >= 0.6 is 0 Å². The maximum absolute atomic E-state index is 12.6. The summed E-state index contributed by atoms with van der Waals surface area (Å²) in [5, 5.41) is 0. The Kier molecular flexibility index (Phi) is 6.73. The van der Waals surface area contributed by atoms with Crippen molar-refractivity contribution in [2.75, 3.05) is 6.61 Å². The largest absolute Gasteiger partial charge is 0.488 e. The van der Waals surface area contributed by atoms with Crippen molar-refractivity contribution in [1.29, 1.82) is 0 Å². The van der Waals surface area contributed by atoms with Crippen LogP contribution in [0.1, 0.15) is 26.3 Å². The fourth-order valence-corrected chi connectivity index (χ4v) is 3.27. The molecule has 158 valence electrons. The van der Waals surface area contributed by atoms with Gasteiger partial charge < -0.3 is 9.47 Å². The van der Waals surface area contributed by atoms with Crippen molar-refractivity contribution in [3.63, 3.8) is 0 Å². The molecule has 0 aliphatic heterocycles. The van der Waals surface area contributed by atoms with Crippen molar-refractivity contribution in [2.24, 2.45) is 0 Å². The molecule has 0 aromatic heterocycles. The predicted octanol–water partition coefficient (Wildman–Crippen LogP) is 5.97. The number of Topliss-reactive ketones (excluding diaryl/α,β-unsaturated/α-hetero) is 1. The number of hydrogen-bond acceptors (Lipinski definition) is 4. The summed E-state index contributed by atoms with van der Waals surface area (Å²) in [5.74, 6) is -0.440. The lowest BCUT2D eigenvalue weighted by atomic mass is 10.0. The molecule has 4 nitrogen and oxygen atoms in total. The minimum atomic E-state index is -0.595. The molecule has 4 aromatic rings. The third-order valence-corrected chi connectivity index (χ3v) is 4.99. The Morgan fingerprint density at radius 2 is 1.22 bits per heavy atom. The van der Waals surface area contributed by atoms with Crippen molar-refractivity contribution < 1.29 is 19.1 Å². The van der Waals surface area contributed by atoms with Gasteiger partial charge in [-0.3, -0.25) is 4.79 Å². The van der Waals surface area contributed by atoms with Crippen molar-refractivity contribution in [1.82, 2.24) is 0 Å². The summed E-state index contributed by atoms with van der Waals surface area (Å²) in [6.07, 6.45) is 0.